The molecule has 0 saturated heterocycles. The number of hydrogen-bond acceptors (Lipinski definition) is 6. The molecule has 1 aromatic rings. The second kappa shape index (κ2) is 10.8. The average molecular weight is 705 g/mol. The molecule has 0 unspecified atom stereocenters. The Hall–Kier alpha value is -0.460. The molecule has 0 heterocycles. The van der Waals surface area contributed by atoms with Gasteiger partial charge in [-0.05, 0) is 67.8 Å². The average Bonchev–Trinajstić information content (AvgIpc) is 2.53. The number of halogens is 3. The highest BCUT2D eigenvalue weighted by Gasteiger charge is 2.29. The van der Waals surface area contributed by atoms with Crippen LogP contribution < -0.4 is 4.74 Å². The van der Waals surface area contributed by atoms with Crippen LogP contribution in [0.25, 0.3) is 0 Å². The molecule has 0 saturated carbocycles. The van der Waals surface area contributed by atoms with E-state index in [1.54, 1.807) is 67.8 Å². The molecule has 1 amide bonds. The number of carbonyl (C=O) groups is 3. The summed E-state index contributed by atoms with van der Waals surface area (Å²) in [4.78, 5) is 36.4. The molecule has 0 bridgehead atoms. The number of rotatable bonds is 9. The maximum atomic E-state index is 12.2. The van der Waals surface area contributed by atoms with Gasteiger partial charge in [0.25, 0.3) is 5.91 Å². The fourth-order valence-corrected chi connectivity index (χ4v) is 6.37. The number of carboxylic acids is 2. The van der Waals surface area contributed by atoms with Gasteiger partial charge in [0.1, 0.15) is 5.75 Å². The molecule has 0 fully saturated rings. The summed E-state index contributed by atoms with van der Waals surface area (Å²) in [7, 11) is 0. The molecule has 144 valence electrons. The Labute approximate surface area is 189 Å². The Morgan fingerprint density at radius 3 is 1.62 bits per heavy atom. The highest BCUT2D eigenvalue weighted by Crippen LogP contribution is 2.37. The molecule has 0 aliphatic carbocycles. The summed E-state index contributed by atoms with van der Waals surface area (Å²) in [5.41, 5.74) is -0.428. The SMILES string of the molecule is O=C(O)c1c(I)c(OCC(=O)N(CCO)CCO)c(I)c(C(=O)O)c1I. The molecule has 26 heavy (non-hydrogen) atoms. The topological polar surface area (TPSA) is 145 Å². The number of amides is 1. The minimum Gasteiger partial charge on any atom is -0.481 e. The van der Waals surface area contributed by atoms with Crippen LogP contribution in [0, 0.1) is 10.7 Å². The third-order valence-electron chi connectivity index (χ3n) is 3.14. The third-order valence-corrected chi connectivity index (χ3v) is 6.27. The standard InChI is InChI=1S/C14H14I3NO8/c15-9-7(13(22)23)10(16)12(11(17)8(9)14(24)25)26-5-6(21)18(1-3-19)2-4-20/h19-20H,1-5H2,(H,22,23)(H,24,25). The van der Waals surface area contributed by atoms with Crippen LogP contribution in [0.1, 0.15) is 20.7 Å². The van der Waals surface area contributed by atoms with Gasteiger partial charge >= 0.3 is 11.9 Å². The molecule has 1 rings (SSSR count). The van der Waals surface area contributed by atoms with Crippen molar-refractivity contribution in [1.82, 2.24) is 4.90 Å². The molecule has 9 nitrogen and oxygen atoms in total. The van der Waals surface area contributed by atoms with E-state index >= 15 is 0 Å². The lowest BCUT2D eigenvalue weighted by Crippen LogP contribution is -2.39. The van der Waals surface area contributed by atoms with Crippen LogP contribution in [0.3, 0.4) is 0 Å². The minimum absolute atomic E-state index is 0.00434. The Balaban J connectivity index is 3.26. The molecule has 1 aromatic carbocycles. The van der Waals surface area contributed by atoms with Gasteiger partial charge in [-0.15, -0.1) is 0 Å². The number of carboxylic acid groups (broad SMARTS) is 2. The van der Waals surface area contributed by atoms with E-state index in [2.05, 4.69) is 0 Å². The van der Waals surface area contributed by atoms with E-state index in [1.807, 2.05) is 0 Å². The van der Waals surface area contributed by atoms with Gasteiger partial charge in [-0.25, -0.2) is 9.59 Å². The van der Waals surface area contributed by atoms with Crippen LogP contribution in [-0.2, 0) is 4.79 Å². The van der Waals surface area contributed by atoms with Crippen molar-refractivity contribution in [3.63, 3.8) is 0 Å². The van der Waals surface area contributed by atoms with E-state index < -0.39 is 24.5 Å². The van der Waals surface area contributed by atoms with E-state index in [9.17, 15) is 24.6 Å². The first-order valence-corrected chi connectivity index (χ1v) is 10.2. The molecule has 12 heteroatoms. The molecule has 0 radical (unpaired) electrons. The summed E-state index contributed by atoms with van der Waals surface area (Å²) >= 11 is 5.12. The van der Waals surface area contributed by atoms with Gasteiger partial charge < -0.3 is 30.1 Å². The lowest BCUT2D eigenvalue weighted by Gasteiger charge is -2.22. The van der Waals surface area contributed by atoms with Crippen molar-refractivity contribution < 1.29 is 39.5 Å². The molecule has 0 atom stereocenters. The van der Waals surface area contributed by atoms with E-state index in [0.29, 0.717) is 0 Å². The van der Waals surface area contributed by atoms with Crippen molar-refractivity contribution in [2.45, 2.75) is 0 Å². The number of aliphatic hydroxyl groups is 2. The van der Waals surface area contributed by atoms with E-state index in [0.717, 1.165) is 0 Å². The Morgan fingerprint density at radius 1 is 0.846 bits per heavy atom. The van der Waals surface area contributed by atoms with Crippen LogP contribution in [0.15, 0.2) is 0 Å². The maximum Gasteiger partial charge on any atom is 0.338 e. The van der Waals surface area contributed by atoms with E-state index in [1.165, 1.54) is 4.90 Å². The minimum atomic E-state index is -1.31. The van der Waals surface area contributed by atoms with Gasteiger partial charge in [0.05, 0.1) is 31.5 Å². The zero-order chi connectivity index (χ0) is 20.0. The Kier molecular flexibility index (Phi) is 9.76. The molecule has 0 aliphatic rings. The summed E-state index contributed by atoms with van der Waals surface area (Å²) in [5.74, 6) is -3.16. The van der Waals surface area contributed by atoms with Crippen molar-refractivity contribution in [3.05, 3.63) is 21.8 Å². The summed E-state index contributed by atoms with van der Waals surface area (Å²) in [6.45, 7) is -1.08. The van der Waals surface area contributed by atoms with Crippen LogP contribution in [-0.4, -0.2) is 76.1 Å². The number of carbonyl (C=O) groups excluding carboxylic acids is 1. The van der Waals surface area contributed by atoms with Gasteiger partial charge in [0.2, 0.25) is 0 Å². The van der Waals surface area contributed by atoms with Crippen molar-refractivity contribution in [3.8, 4) is 5.75 Å². The Morgan fingerprint density at radius 2 is 1.27 bits per heavy atom. The lowest BCUT2D eigenvalue weighted by atomic mass is 10.1. The summed E-state index contributed by atoms with van der Waals surface area (Å²) in [6, 6.07) is 0. The number of aliphatic hydroxyl groups excluding tert-OH is 2. The first-order chi connectivity index (χ1) is 12.2. The van der Waals surface area contributed by atoms with Gasteiger partial charge in [0, 0.05) is 16.7 Å². The first kappa shape index (κ1) is 23.6. The zero-order valence-corrected chi connectivity index (χ0v) is 19.5. The van der Waals surface area contributed by atoms with Gasteiger partial charge in [-0.3, -0.25) is 4.79 Å². The summed E-state index contributed by atoms with van der Waals surface area (Å²) < 4.78 is 5.86. The molecule has 0 spiro atoms. The predicted octanol–water partition coefficient (Wildman–Crippen LogP) is 1.09. The second-order valence-corrected chi connectivity index (χ2v) is 7.98. The van der Waals surface area contributed by atoms with Gasteiger partial charge in [0.15, 0.2) is 6.61 Å². The van der Waals surface area contributed by atoms with Gasteiger partial charge in [-0.2, -0.15) is 0 Å². The maximum absolute atomic E-state index is 12.2. The number of benzene rings is 1. The largest absolute Gasteiger partial charge is 0.481 e. The number of hydrogen-bond donors (Lipinski definition) is 4. The van der Waals surface area contributed by atoms with Crippen LogP contribution >= 0.6 is 67.8 Å². The summed E-state index contributed by atoms with van der Waals surface area (Å²) in [5, 5.41) is 36.7. The van der Waals surface area contributed by atoms with Crippen LogP contribution in [0.2, 0.25) is 0 Å². The van der Waals surface area contributed by atoms with E-state index in [4.69, 9.17) is 14.9 Å². The molecular weight excluding hydrogens is 691 g/mol. The fraction of sp³-hybridized carbons (Fsp3) is 0.357. The van der Waals surface area contributed by atoms with Crippen molar-refractivity contribution >= 4 is 85.6 Å². The normalized spacial score (nSPS) is 10.5. The van der Waals surface area contributed by atoms with Gasteiger partial charge in [-0.1, -0.05) is 0 Å². The van der Waals surface area contributed by atoms with E-state index in [-0.39, 0.29) is 53.9 Å². The highest BCUT2D eigenvalue weighted by atomic mass is 127. The van der Waals surface area contributed by atoms with Crippen LogP contribution in [0.5, 0.6) is 5.75 Å². The summed E-state index contributed by atoms with van der Waals surface area (Å²) in [6.07, 6.45) is 0. The van der Waals surface area contributed by atoms with Crippen molar-refractivity contribution in [1.29, 1.82) is 0 Å². The van der Waals surface area contributed by atoms with Crippen molar-refractivity contribution in [2.24, 2.45) is 0 Å². The predicted molar refractivity (Wildman–Crippen MR) is 115 cm³/mol. The number of aromatic carboxylic acids is 2. The molecule has 0 aliphatic heterocycles. The second-order valence-electron chi connectivity index (χ2n) is 4.75. The van der Waals surface area contributed by atoms with Crippen molar-refractivity contribution in [2.75, 3.05) is 32.9 Å². The lowest BCUT2D eigenvalue weighted by molar-refractivity contribution is -0.134. The zero-order valence-electron chi connectivity index (χ0n) is 13.0. The van der Waals surface area contributed by atoms with Crippen LogP contribution in [0.4, 0.5) is 0 Å². The monoisotopic (exact) mass is 705 g/mol. The molecular formula is C14H14I3NO8. The quantitative estimate of drug-likeness (QED) is 0.280. The fourth-order valence-electron chi connectivity index (χ4n) is 1.97. The molecule has 0 aromatic heterocycles. The third kappa shape index (κ3) is 5.52. The highest BCUT2D eigenvalue weighted by molar-refractivity contribution is 14.1. The number of nitrogens with zero attached hydrogens (tertiary/aromatic N) is 1. The Bertz CT molecular complexity index is 678. The smallest absolute Gasteiger partial charge is 0.338 e. The first-order valence-electron chi connectivity index (χ1n) is 6.96. The molecule has 4 N–H and O–H groups in total. The number of ether oxygens (including phenoxy) is 1.